The molecule has 1 heterocycles. The number of hydrogen-bond donors (Lipinski definition) is 2. The maximum Gasteiger partial charge on any atom is 0.254 e. The zero-order chi connectivity index (χ0) is 18.4. The van der Waals surface area contributed by atoms with Gasteiger partial charge in [0.2, 0.25) is 0 Å². The van der Waals surface area contributed by atoms with E-state index in [1.54, 1.807) is 11.9 Å². The molecule has 2 rings (SSSR count). The highest BCUT2D eigenvalue weighted by atomic mass is 16.5. The van der Waals surface area contributed by atoms with Crippen LogP contribution >= 0.6 is 0 Å². The Labute approximate surface area is 148 Å². The first kappa shape index (κ1) is 19.0. The van der Waals surface area contributed by atoms with Crippen LogP contribution in [-0.2, 0) is 11.2 Å². The fourth-order valence-corrected chi connectivity index (χ4v) is 2.76. The summed E-state index contributed by atoms with van der Waals surface area (Å²) in [5.74, 6) is 0.358. The minimum absolute atomic E-state index is 0.0476. The smallest absolute Gasteiger partial charge is 0.254 e. The van der Waals surface area contributed by atoms with E-state index in [1.165, 1.54) is 5.56 Å². The number of carbonyl (C=O) groups is 1. The molecule has 0 aliphatic carbocycles. The topological polar surface area (TPSA) is 78.5 Å². The summed E-state index contributed by atoms with van der Waals surface area (Å²) in [6.07, 6.45) is 0.498. The molecule has 0 saturated heterocycles. The van der Waals surface area contributed by atoms with E-state index in [0.717, 1.165) is 29.8 Å². The van der Waals surface area contributed by atoms with Crippen LogP contribution in [0.25, 0.3) is 0 Å². The van der Waals surface area contributed by atoms with Crippen LogP contribution in [0.4, 0.5) is 0 Å². The molecule has 2 N–H and O–H groups in total. The summed E-state index contributed by atoms with van der Waals surface area (Å²) in [4.78, 5) is 13.8. The van der Waals surface area contributed by atoms with Crippen LogP contribution in [0.2, 0.25) is 0 Å². The molecule has 0 aliphatic rings. The number of amides is 1. The highest BCUT2D eigenvalue weighted by Crippen LogP contribution is 2.16. The van der Waals surface area contributed by atoms with Crippen molar-refractivity contribution < 1.29 is 14.6 Å². The van der Waals surface area contributed by atoms with Crippen molar-refractivity contribution in [1.29, 1.82) is 0 Å². The first-order valence-electron chi connectivity index (χ1n) is 8.52. The molecule has 1 aromatic heterocycles. The number of aliphatic hydroxyl groups is 1. The van der Waals surface area contributed by atoms with Crippen LogP contribution in [0, 0.1) is 20.8 Å². The van der Waals surface area contributed by atoms with Gasteiger partial charge in [0.15, 0.2) is 6.10 Å². The van der Waals surface area contributed by atoms with Crippen molar-refractivity contribution in [3.8, 4) is 5.75 Å². The Kier molecular flexibility index (Phi) is 6.58. The Hall–Kier alpha value is -2.34. The third-order valence-electron chi connectivity index (χ3n) is 4.35. The minimum atomic E-state index is -1.16. The van der Waals surface area contributed by atoms with Crippen LogP contribution < -0.4 is 4.74 Å². The maximum absolute atomic E-state index is 12.3. The predicted molar refractivity (Wildman–Crippen MR) is 96.7 cm³/mol. The van der Waals surface area contributed by atoms with Crippen molar-refractivity contribution in [2.75, 3.05) is 20.2 Å². The van der Waals surface area contributed by atoms with E-state index in [0.29, 0.717) is 12.3 Å². The van der Waals surface area contributed by atoms with Gasteiger partial charge in [-0.15, -0.1) is 0 Å². The first-order valence-corrected chi connectivity index (χ1v) is 8.52. The summed E-state index contributed by atoms with van der Waals surface area (Å²) in [5.41, 5.74) is 4.24. The van der Waals surface area contributed by atoms with Gasteiger partial charge in [0.1, 0.15) is 12.4 Å². The number of ether oxygens (including phenoxy) is 1. The normalized spacial score (nSPS) is 12.0. The van der Waals surface area contributed by atoms with E-state index in [4.69, 9.17) is 4.74 Å². The fraction of sp³-hybridized carbons (Fsp3) is 0.474. The number of aromatic amines is 1. The van der Waals surface area contributed by atoms with Crippen LogP contribution in [0.1, 0.15) is 28.9 Å². The molecule has 1 aromatic carbocycles. The number of carbonyl (C=O) groups excluding carboxylic acids is 1. The highest BCUT2D eigenvalue weighted by molar-refractivity contribution is 5.80. The molecule has 6 nitrogen and oxygen atoms in total. The summed E-state index contributed by atoms with van der Waals surface area (Å²) in [5, 5.41) is 17.2. The van der Waals surface area contributed by atoms with Gasteiger partial charge in [-0.25, -0.2) is 0 Å². The Morgan fingerprint density at radius 3 is 2.68 bits per heavy atom. The second-order valence-electron chi connectivity index (χ2n) is 6.37. The molecular formula is C19H27N3O3. The van der Waals surface area contributed by atoms with Gasteiger partial charge >= 0.3 is 0 Å². The van der Waals surface area contributed by atoms with Crippen molar-refractivity contribution in [2.45, 2.75) is 39.7 Å². The Balaban J connectivity index is 1.78. The lowest BCUT2D eigenvalue weighted by Gasteiger charge is -2.21. The number of aromatic nitrogens is 2. The molecule has 0 saturated carbocycles. The summed E-state index contributed by atoms with van der Waals surface area (Å²) in [7, 11) is 1.70. The van der Waals surface area contributed by atoms with E-state index in [9.17, 15) is 9.90 Å². The maximum atomic E-state index is 12.3. The number of hydrogen-bond acceptors (Lipinski definition) is 4. The molecule has 1 amide bonds. The van der Waals surface area contributed by atoms with Crippen LogP contribution in [0.3, 0.4) is 0 Å². The van der Waals surface area contributed by atoms with Crippen LogP contribution in [0.5, 0.6) is 5.75 Å². The molecule has 1 atom stereocenters. The van der Waals surface area contributed by atoms with E-state index in [2.05, 4.69) is 10.2 Å². The highest BCUT2D eigenvalue weighted by Gasteiger charge is 2.20. The molecular weight excluding hydrogens is 318 g/mol. The van der Waals surface area contributed by atoms with Crippen molar-refractivity contribution in [3.63, 3.8) is 0 Å². The van der Waals surface area contributed by atoms with Gasteiger partial charge in [-0.05, 0) is 50.8 Å². The first-order chi connectivity index (χ1) is 11.9. The number of likely N-dealkylation sites (N-methyl/N-ethyl adjacent to an activating group) is 1. The SMILES string of the molecule is Cc1ccccc1OCC(O)C(=O)N(C)CCCc1c(C)n[nH]c1C. The van der Waals surface area contributed by atoms with Gasteiger partial charge in [0.25, 0.3) is 5.91 Å². The van der Waals surface area contributed by atoms with E-state index < -0.39 is 6.10 Å². The Morgan fingerprint density at radius 1 is 1.32 bits per heavy atom. The number of aliphatic hydroxyl groups excluding tert-OH is 1. The van der Waals surface area contributed by atoms with Gasteiger partial charge in [0, 0.05) is 19.3 Å². The van der Waals surface area contributed by atoms with Crippen LogP contribution in [0.15, 0.2) is 24.3 Å². The lowest BCUT2D eigenvalue weighted by atomic mass is 10.1. The third-order valence-corrected chi connectivity index (χ3v) is 4.35. The summed E-state index contributed by atoms with van der Waals surface area (Å²) in [6, 6.07) is 7.53. The van der Waals surface area contributed by atoms with Crippen molar-refractivity contribution in [3.05, 3.63) is 46.8 Å². The van der Waals surface area contributed by atoms with E-state index in [1.807, 2.05) is 45.0 Å². The molecule has 1 unspecified atom stereocenters. The summed E-state index contributed by atoms with van der Waals surface area (Å²) < 4.78 is 5.55. The Bertz CT molecular complexity index is 692. The second kappa shape index (κ2) is 8.67. The molecule has 136 valence electrons. The number of H-pyrrole nitrogens is 1. The number of nitrogens with zero attached hydrogens (tertiary/aromatic N) is 2. The number of nitrogens with one attached hydrogen (secondary N) is 1. The van der Waals surface area contributed by atoms with E-state index in [-0.39, 0.29) is 12.5 Å². The summed E-state index contributed by atoms with van der Waals surface area (Å²) >= 11 is 0. The monoisotopic (exact) mass is 345 g/mol. The largest absolute Gasteiger partial charge is 0.490 e. The molecule has 0 radical (unpaired) electrons. The zero-order valence-corrected chi connectivity index (χ0v) is 15.4. The second-order valence-corrected chi connectivity index (χ2v) is 6.37. The molecule has 2 aromatic rings. The van der Waals surface area contributed by atoms with Gasteiger partial charge in [-0.2, -0.15) is 5.10 Å². The molecule has 0 spiro atoms. The van der Waals surface area contributed by atoms with Gasteiger partial charge in [-0.1, -0.05) is 18.2 Å². The fourth-order valence-electron chi connectivity index (χ4n) is 2.76. The van der Waals surface area contributed by atoms with Gasteiger partial charge in [0.05, 0.1) is 5.69 Å². The van der Waals surface area contributed by atoms with E-state index >= 15 is 0 Å². The minimum Gasteiger partial charge on any atom is -0.490 e. The number of aryl methyl sites for hydroxylation is 3. The number of rotatable bonds is 8. The molecule has 0 bridgehead atoms. The standard InChI is InChI=1S/C19H27N3O3/c1-13-8-5-6-10-18(13)25-12-17(23)19(24)22(4)11-7-9-16-14(2)20-21-15(16)3/h5-6,8,10,17,23H,7,9,11-12H2,1-4H3,(H,20,21). The molecule has 0 aliphatic heterocycles. The van der Waals surface area contributed by atoms with Gasteiger partial charge < -0.3 is 14.7 Å². The average molecular weight is 345 g/mol. The lowest BCUT2D eigenvalue weighted by Crippen LogP contribution is -2.40. The molecule has 25 heavy (non-hydrogen) atoms. The van der Waals surface area contributed by atoms with Gasteiger partial charge in [-0.3, -0.25) is 9.89 Å². The number of para-hydroxylation sites is 1. The quantitative estimate of drug-likeness (QED) is 0.768. The number of benzene rings is 1. The lowest BCUT2D eigenvalue weighted by molar-refractivity contribution is -0.140. The average Bonchev–Trinajstić information content (AvgIpc) is 2.91. The van der Waals surface area contributed by atoms with Crippen molar-refractivity contribution in [2.24, 2.45) is 0 Å². The zero-order valence-electron chi connectivity index (χ0n) is 15.4. The predicted octanol–water partition coefficient (Wildman–Crippen LogP) is 2.17. The molecule has 6 heteroatoms. The molecule has 0 fully saturated rings. The van der Waals surface area contributed by atoms with Crippen LogP contribution in [-0.4, -0.2) is 52.4 Å². The Morgan fingerprint density at radius 2 is 2.04 bits per heavy atom. The van der Waals surface area contributed by atoms with Crippen molar-refractivity contribution >= 4 is 5.91 Å². The third kappa shape index (κ3) is 5.06. The summed E-state index contributed by atoms with van der Waals surface area (Å²) in [6.45, 7) is 6.42. The van der Waals surface area contributed by atoms with Crippen molar-refractivity contribution in [1.82, 2.24) is 15.1 Å².